The predicted molar refractivity (Wildman–Crippen MR) is 120 cm³/mol. The third kappa shape index (κ3) is 4.43. The molecule has 0 saturated carbocycles. The van der Waals surface area contributed by atoms with E-state index in [1.54, 1.807) is 28.9 Å². The van der Waals surface area contributed by atoms with Crippen molar-refractivity contribution in [2.24, 2.45) is 5.92 Å². The lowest BCUT2D eigenvalue weighted by Gasteiger charge is -2.32. The first-order valence-corrected chi connectivity index (χ1v) is 10.5. The number of nitro benzene ring substituents is 1. The molecule has 1 aromatic carbocycles. The van der Waals surface area contributed by atoms with Gasteiger partial charge in [0, 0.05) is 42.5 Å². The van der Waals surface area contributed by atoms with Gasteiger partial charge in [0.05, 0.1) is 10.6 Å². The van der Waals surface area contributed by atoms with E-state index >= 15 is 0 Å². The van der Waals surface area contributed by atoms with Gasteiger partial charge in [0.15, 0.2) is 0 Å². The Morgan fingerprint density at radius 1 is 1.06 bits per heavy atom. The number of rotatable bonds is 5. The Hall–Kier alpha value is -3.82. The third-order valence-electron chi connectivity index (χ3n) is 5.53. The molecule has 2 aromatic heterocycles. The van der Waals surface area contributed by atoms with Gasteiger partial charge in [-0.1, -0.05) is 12.1 Å². The maximum atomic E-state index is 13.0. The maximum Gasteiger partial charge on any atom is 0.292 e. The number of nitrogens with one attached hydrogen (secondary N) is 1. The SMILES string of the molecule is Cc1cc(C)nc(-n2nc(C)cc2NC(=O)C2CCN(c3ccccc3[N+](=O)[O-])CC2)n1. The molecule has 1 saturated heterocycles. The van der Waals surface area contributed by atoms with Gasteiger partial charge in [-0.25, -0.2) is 9.97 Å². The minimum absolute atomic E-state index is 0.0863. The van der Waals surface area contributed by atoms with E-state index in [4.69, 9.17) is 0 Å². The highest BCUT2D eigenvalue weighted by molar-refractivity contribution is 5.92. The largest absolute Gasteiger partial charge is 0.366 e. The zero-order chi connectivity index (χ0) is 22.8. The lowest BCUT2D eigenvalue weighted by Crippen LogP contribution is -2.38. The summed E-state index contributed by atoms with van der Waals surface area (Å²) in [4.78, 5) is 34.8. The van der Waals surface area contributed by atoms with E-state index in [-0.39, 0.29) is 22.4 Å². The summed E-state index contributed by atoms with van der Waals surface area (Å²) in [5.74, 6) is 0.645. The smallest absolute Gasteiger partial charge is 0.292 e. The Kier molecular flexibility index (Phi) is 5.85. The average molecular weight is 435 g/mol. The lowest BCUT2D eigenvalue weighted by molar-refractivity contribution is -0.384. The van der Waals surface area contributed by atoms with E-state index in [1.165, 1.54) is 6.07 Å². The van der Waals surface area contributed by atoms with Crippen LogP contribution in [0, 0.1) is 36.8 Å². The van der Waals surface area contributed by atoms with Gasteiger partial charge in [-0.2, -0.15) is 9.78 Å². The Morgan fingerprint density at radius 2 is 1.72 bits per heavy atom. The van der Waals surface area contributed by atoms with Crippen molar-refractivity contribution in [2.75, 3.05) is 23.3 Å². The molecule has 1 aliphatic rings. The minimum Gasteiger partial charge on any atom is -0.366 e. The van der Waals surface area contributed by atoms with E-state index in [9.17, 15) is 14.9 Å². The molecule has 10 heteroatoms. The highest BCUT2D eigenvalue weighted by atomic mass is 16.6. The highest BCUT2D eigenvalue weighted by Crippen LogP contribution is 2.31. The van der Waals surface area contributed by atoms with Crippen molar-refractivity contribution in [3.63, 3.8) is 0 Å². The van der Waals surface area contributed by atoms with Crippen LogP contribution in [-0.4, -0.2) is 43.7 Å². The van der Waals surface area contributed by atoms with Gasteiger partial charge in [-0.15, -0.1) is 0 Å². The molecule has 0 bridgehead atoms. The number of hydrogen-bond donors (Lipinski definition) is 1. The summed E-state index contributed by atoms with van der Waals surface area (Å²) in [5, 5.41) is 18.8. The van der Waals surface area contributed by atoms with Gasteiger partial charge in [-0.05, 0) is 45.7 Å². The molecule has 0 spiro atoms. The van der Waals surface area contributed by atoms with Gasteiger partial charge in [-0.3, -0.25) is 14.9 Å². The van der Waals surface area contributed by atoms with Gasteiger partial charge in [0.1, 0.15) is 11.5 Å². The number of nitrogens with zero attached hydrogens (tertiary/aromatic N) is 6. The van der Waals surface area contributed by atoms with Crippen molar-refractivity contribution >= 4 is 23.1 Å². The quantitative estimate of drug-likeness (QED) is 0.482. The third-order valence-corrected chi connectivity index (χ3v) is 5.53. The first kappa shape index (κ1) is 21.4. The van der Waals surface area contributed by atoms with Crippen molar-refractivity contribution < 1.29 is 9.72 Å². The van der Waals surface area contributed by atoms with E-state index in [0.29, 0.717) is 43.4 Å². The molecule has 1 amide bonds. The summed E-state index contributed by atoms with van der Waals surface area (Å²) in [7, 11) is 0. The summed E-state index contributed by atoms with van der Waals surface area (Å²) in [6.45, 7) is 6.76. The van der Waals surface area contributed by atoms with E-state index in [0.717, 1.165) is 17.1 Å². The molecule has 4 rings (SSSR count). The topological polar surface area (TPSA) is 119 Å². The summed E-state index contributed by atoms with van der Waals surface area (Å²) in [6.07, 6.45) is 1.20. The molecule has 0 aliphatic carbocycles. The van der Waals surface area contributed by atoms with Crippen LogP contribution in [0.15, 0.2) is 36.4 Å². The van der Waals surface area contributed by atoms with Gasteiger partial charge in [0.25, 0.3) is 11.6 Å². The first-order valence-electron chi connectivity index (χ1n) is 10.5. The maximum absolute atomic E-state index is 13.0. The molecular formula is C22H25N7O3. The standard InChI is InChI=1S/C22H25N7O3/c1-14-12-15(2)24-22(23-14)28-20(13-16(3)26-28)25-21(30)17-8-10-27(11-9-17)18-6-4-5-7-19(18)29(31)32/h4-7,12-13,17H,8-11H2,1-3H3,(H,25,30). The second-order valence-electron chi connectivity index (χ2n) is 8.03. The van der Waals surface area contributed by atoms with Crippen LogP contribution in [0.3, 0.4) is 0 Å². The van der Waals surface area contributed by atoms with Gasteiger partial charge < -0.3 is 10.2 Å². The monoisotopic (exact) mass is 435 g/mol. The van der Waals surface area contributed by atoms with Crippen LogP contribution in [0.25, 0.3) is 5.95 Å². The number of para-hydroxylation sites is 2. The molecule has 1 fully saturated rings. The normalized spacial score (nSPS) is 14.4. The van der Waals surface area contributed by atoms with Crippen LogP contribution >= 0.6 is 0 Å². The Morgan fingerprint density at radius 3 is 2.38 bits per heavy atom. The molecule has 0 atom stereocenters. The zero-order valence-corrected chi connectivity index (χ0v) is 18.3. The number of anilines is 2. The molecule has 3 heterocycles. The minimum atomic E-state index is -0.368. The van der Waals surface area contributed by atoms with Crippen LogP contribution in [-0.2, 0) is 4.79 Å². The van der Waals surface area contributed by atoms with E-state index < -0.39 is 0 Å². The number of benzene rings is 1. The van der Waals surface area contributed by atoms with Crippen LogP contribution in [0.4, 0.5) is 17.2 Å². The number of piperidine rings is 1. The van der Waals surface area contributed by atoms with Crippen molar-refractivity contribution in [3.8, 4) is 5.95 Å². The fraction of sp³-hybridized carbons (Fsp3) is 0.364. The van der Waals surface area contributed by atoms with Gasteiger partial charge >= 0.3 is 0 Å². The van der Waals surface area contributed by atoms with E-state index in [2.05, 4.69) is 20.4 Å². The molecule has 3 aromatic rings. The summed E-state index contributed by atoms with van der Waals surface area (Å²) >= 11 is 0. The van der Waals surface area contributed by atoms with E-state index in [1.807, 2.05) is 31.7 Å². The van der Waals surface area contributed by atoms with Crippen LogP contribution < -0.4 is 10.2 Å². The van der Waals surface area contributed by atoms with Crippen molar-refractivity contribution in [2.45, 2.75) is 33.6 Å². The average Bonchev–Trinajstić information content (AvgIpc) is 3.13. The summed E-state index contributed by atoms with van der Waals surface area (Å²) < 4.78 is 1.55. The number of carbonyl (C=O) groups is 1. The van der Waals surface area contributed by atoms with Crippen LogP contribution in [0.2, 0.25) is 0 Å². The van der Waals surface area contributed by atoms with Crippen molar-refractivity contribution in [3.05, 3.63) is 63.6 Å². The molecule has 1 aliphatic heterocycles. The summed E-state index contributed by atoms with van der Waals surface area (Å²) in [5.41, 5.74) is 3.06. The molecule has 0 unspecified atom stereocenters. The Bertz CT molecular complexity index is 1150. The molecular weight excluding hydrogens is 410 g/mol. The Balaban J connectivity index is 1.46. The highest BCUT2D eigenvalue weighted by Gasteiger charge is 2.29. The second kappa shape index (κ2) is 8.74. The molecule has 10 nitrogen and oxygen atoms in total. The predicted octanol–water partition coefficient (Wildman–Crippen LogP) is 3.35. The van der Waals surface area contributed by atoms with Crippen molar-refractivity contribution in [1.82, 2.24) is 19.7 Å². The number of hydrogen-bond acceptors (Lipinski definition) is 7. The van der Waals surface area contributed by atoms with Crippen LogP contribution in [0.5, 0.6) is 0 Å². The van der Waals surface area contributed by atoms with Gasteiger partial charge in [0.2, 0.25) is 5.91 Å². The Labute approximate surface area is 185 Å². The fourth-order valence-corrected chi connectivity index (χ4v) is 4.04. The number of aromatic nitrogens is 4. The number of nitro groups is 1. The van der Waals surface area contributed by atoms with Crippen LogP contribution in [0.1, 0.15) is 29.9 Å². The fourth-order valence-electron chi connectivity index (χ4n) is 4.04. The molecule has 0 radical (unpaired) electrons. The molecule has 166 valence electrons. The first-order chi connectivity index (χ1) is 15.3. The molecule has 1 N–H and O–H groups in total. The number of aryl methyl sites for hydroxylation is 3. The zero-order valence-electron chi connectivity index (χ0n) is 18.3. The lowest BCUT2D eigenvalue weighted by atomic mass is 9.95. The number of amides is 1. The number of carbonyl (C=O) groups excluding carboxylic acids is 1. The summed E-state index contributed by atoms with van der Waals surface area (Å²) in [6, 6.07) is 10.4. The van der Waals surface area contributed by atoms with Crippen molar-refractivity contribution in [1.29, 1.82) is 0 Å². The second-order valence-corrected chi connectivity index (χ2v) is 8.03. The molecule has 32 heavy (non-hydrogen) atoms.